The monoisotopic (exact) mass is 436 g/mol. The predicted octanol–water partition coefficient (Wildman–Crippen LogP) is 2.43. The van der Waals surface area contributed by atoms with Crippen LogP contribution in [0.1, 0.15) is 26.2 Å². The van der Waals surface area contributed by atoms with Gasteiger partial charge in [0.1, 0.15) is 5.50 Å². The van der Waals surface area contributed by atoms with E-state index in [1.54, 1.807) is 9.80 Å². The van der Waals surface area contributed by atoms with E-state index >= 15 is 0 Å². The highest BCUT2D eigenvalue weighted by atomic mass is 32.2. The van der Waals surface area contributed by atoms with Gasteiger partial charge in [0.2, 0.25) is 5.91 Å². The Bertz CT molecular complexity index is 733. The summed E-state index contributed by atoms with van der Waals surface area (Å²) in [5.74, 6) is -1.65. The Morgan fingerprint density at radius 3 is 2.66 bits per heavy atom. The second kappa shape index (κ2) is 7.33. The Labute approximate surface area is 170 Å². The van der Waals surface area contributed by atoms with E-state index in [1.807, 2.05) is 0 Å². The molecule has 3 amide bonds. The van der Waals surface area contributed by atoms with Crippen LogP contribution in [0, 0.1) is 11.3 Å². The molecule has 3 aliphatic heterocycles. The van der Waals surface area contributed by atoms with E-state index in [0.717, 1.165) is 11.8 Å². The van der Waals surface area contributed by atoms with Gasteiger partial charge in [0.25, 0.3) is 0 Å². The van der Waals surface area contributed by atoms with Gasteiger partial charge in [0, 0.05) is 38.5 Å². The van der Waals surface area contributed by atoms with Crippen LogP contribution < -0.4 is 10.6 Å². The fourth-order valence-electron chi connectivity index (χ4n) is 4.99. The highest BCUT2D eigenvalue weighted by Gasteiger charge is 2.56. The van der Waals surface area contributed by atoms with Crippen molar-refractivity contribution in [3.63, 3.8) is 0 Å². The first-order valence-electron chi connectivity index (χ1n) is 9.73. The molecule has 11 heteroatoms. The number of amides is 3. The van der Waals surface area contributed by atoms with Crippen LogP contribution in [0.15, 0.2) is 11.6 Å². The standard InChI is InChI=1S/C18H24F4N4O2S/c1-10(27)25-5-4-17(8-25)9-26(16(28)24-15-23-7-14(19)29-15)13-3-2-11(6-12(13)17)18(20,21)22/h6,11,13-15,23H,2-5,7-9H2,1H3,(H,24,28). The lowest BCUT2D eigenvalue weighted by molar-refractivity contribution is -0.164. The Kier molecular flexibility index (Phi) is 5.25. The average Bonchev–Trinajstić information content (AvgIpc) is 3.33. The third kappa shape index (κ3) is 3.83. The molecule has 1 spiro atoms. The largest absolute Gasteiger partial charge is 0.395 e. The fourth-order valence-corrected chi connectivity index (χ4v) is 5.84. The molecule has 3 saturated heterocycles. The van der Waals surface area contributed by atoms with Crippen LogP contribution in [0.2, 0.25) is 0 Å². The van der Waals surface area contributed by atoms with Crippen LogP contribution in [-0.4, -0.2) is 71.1 Å². The molecular weight excluding hydrogens is 412 g/mol. The molecule has 0 saturated carbocycles. The number of rotatable bonds is 1. The average molecular weight is 436 g/mol. The van der Waals surface area contributed by atoms with E-state index in [0.29, 0.717) is 25.1 Å². The second-order valence-electron chi connectivity index (χ2n) is 8.25. The Balaban J connectivity index is 1.59. The number of hydrogen-bond donors (Lipinski definition) is 2. The Hall–Kier alpha value is -1.49. The number of likely N-dealkylation sites (tertiary alicyclic amines) is 2. The number of nitrogens with zero attached hydrogens (tertiary/aromatic N) is 2. The van der Waals surface area contributed by atoms with Gasteiger partial charge in [-0.2, -0.15) is 13.2 Å². The van der Waals surface area contributed by atoms with Gasteiger partial charge in [0.15, 0.2) is 5.50 Å². The van der Waals surface area contributed by atoms with Crippen molar-refractivity contribution >= 4 is 23.7 Å². The molecule has 0 aromatic heterocycles. The van der Waals surface area contributed by atoms with E-state index in [1.165, 1.54) is 13.0 Å². The quantitative estimate of drug-likeness (QED) is 0.490. The minimum atomic E-state index is -4.33. The zero-order chi connectivity index (χ0) is 21.0. The summed E-state index contributed by atoms with van der Waals surface area (Å²) in [6.45, 7) is 2.63. The number of carbonyl (C=O) groups excluding carboxylic acids is 2. The molecule has 5 atom stereocenters. The molecule has 0 aromatic rings. The number of carbonyl (C=O) groups is 2. The minimum absolute atomic E-state index is 0.0725. The third-order valence-electron chi connectivity index (χ3n) is 6.43. The van der Waals surface area contributed by atoms with Crippen LogP contribution in [0.25, 0.3) is 0 Å². The number of hydrogen-bond acceptors (Lipinski definition) is 4. The lowest BCUT2D eigenvalue weighted by Crippen LogP contribution is -2.49. The first-order chi connectivity index (χ1) is 13.6. The number of urea groups is 1. The lowest BCUT2D eigenvalue weighted by Gasteiger charge is -2.33. The lowest BCUT2D eigenvalue weighted by atomic mass is 9.74. The van der Waals surface area contributed by atoms with Gasteiger partial charge in [-0.1, -0.05) is 17.8 Å². The van der Waals surface area contributed by atoms with Crippen molar-refractivity contribution in [3.05, 3.63) is 11.6 Å². The van der Waals surface area contributed by atoms with Gasteiger partial charge in [-0.15, -0.1) is 0 Å². The van der Waals surface area contributed by atoms with Gasteiger partial charge >= 0.3 is 12.2 Å². The SMILES string of the molecule is CC(=O)N1CCC2(C1)CN(C(=O)NC1NCC(F)S1)C1CCC(C(F)(F)F)C=C12. The van der Waals surface area contributed by atoms with Crippen LogP contribution in [0.4, 0.5) is 22.4 Å². The van der Waals surface area contributed by atoms with Crippen molar-refractivity contribution in [3.8, 4) is 0 Å². The highest BCUT2D eigenvalue weighted by Crippen LogP contribution is 2.52. The first-order valence-corrected chi connectivity index (χ1v) is 10.7. The Morgan fingerprint density at radius 2 is 2.07 bits per heavy atom. The van der Waals surface area contributed by atoms with E-state index in [-0.39, 0.29) is 31.8 Å². The summed E-state index contributed by atoms with van der Waals surface area (Å²) in [6, 6.07) is -0.836. The zero-order valence-electron chi connectivity index (χ0n) is 16.0. The number of alkyl halides is 4. The van der Waals surface area contributed by atoms with Crippen LogP contribution in [0.3, 0.4) is 0 Å². The van der Waals surface area contributed by atoms with Crippen molar-refractivity contribution in [2.24, 2.45) is 11.3 Å². The van der Waals surface area contributed by atoms with E-state index < -0.39 is 40.6 Å². The number of thioether (sulfide) groups is 1. The fraction of sp³-hybridized carbons (Fsp3) is 0.778. The molecule has 5 unspecified atom stereocenters. The number of nitrogens with one attached hydrogen (secondary N) is 2. The highest BCUT2D eigenvalue weighted by molar-refractivity contribution is 8.00. The first kappa shape index (κ1) is 20.8. The molecule has 162 valence electrons. The summed E-state index contributed by atoms with van der Waals surface area (Å²) in [7, 11) is 0. The van der Waals surface area contributed by atoms with Crippen molar-refractivity contribution < 1.29 is 27.2 Å². The normalized spacial score (nSPS) is 37.1. The molecular formula is C18H24F4N4O2S. The maximum atomic E-state index is 13.4. The predicted molar refractivity (Wildman–Crippen MR) is 99.5 cm³/mol. The van der Waals surface area contributed by atoms with Gasteiger partial charge in [-0.25, -0.2) is 9.18 Å². The molecule has 6 nitrogen and oxygen atoms in total. The van der Waals surface area contributed by atoms with E-state index in [2.05, 4.69) is 10.6 Å². The maximum Gasteiger partial charge on any atom is 0.395 e. The summed E-state index contributed by atoms with van der Waals surface area (Å²) >= 11 is 0.961. The van der Waals surface area contributed by atoms with E-state index in [9.17, 15) is 27.2 Å². The molecule has 3 heterocycles. The second-order valence-corrected chi connectivity index (χ2v) is 9.50. The molecule has 0 bridgehead atoms. The van der Waals surface area contributed by atoms with Gasteiger partial charge in [0.05, 0.1) is 12.0 Å². The van der Waals surface area contributed by atoms with Crippen molar-refractivity contribution in [2.45, 2.75) is 49.4 Å². The maximum absolute atomic E-state index is 13.4. The smallest absolute Gasteiger partial charge is 0.342 e. The number of fused-ring (bicyclic) bond motifs is 2. The van der Waals surface area contributed by atoms with Crippen molar-refractivity contribution in [1.82, 2.24) is 20.4 Å². The molecule has 0 aromatic carbocycles. The summed E-state index contributed by atoms with van der Waals surface area (Å²) < 4.78 is 53.5. The summed E-state index contributed by atoms with van der Waals surface area (Å²) in [5, 5.41) is 5.59. The molecule has 4 aliphatic rings. The van der Waals surface area contributed by atoms with Crippen LogP contribution in [0.5, 0.6) is 0 Å². The van der Waals surface area contributed by atoms with Gasteiger partial charge in [-0.3, -0.25) is 10.1 Å². The molecule has 1 aliphatic carbocycles. The molecule has 3 fully saturated rings. The van der Waals surface area contributed by atoms with Crippen LogP contribution >= 0.6 is 11.8 Å². The number of allylic oxidation sites excluding steroid dienone is 1. The minimum Gasteiger partial charge on any atom is -0.342 e. The summed E-state index contributed by atoms with van der Waals surface area (Å²) in [4.78, 5) is 28.0. The summed E-state index contributed by atoms with van der Waals surface area (Å²) in [6.07, 6.45) is -2.34. The van der Waals surface area contributed by atoms with Gasteiger partial charge < -0.3 is 15.1 Å². The molecule has 0 radical (unpaired) electrons. The van der Waals surface area contributed by atoms with Gasteiger partial charge in [-0.05, 0) is 24.8 Å². The van der Waals surface area contributed by atoms with Crippen molar-refractivity contribution in [2.75, 3.05) is 26.2 Å². The summed E-state index contributed by atoms with van der Waals surface area (Å²) in [5.41, 5.74) is -1.69. The zero-order valence-corrected chi connectivity index (χ0v) is 16.8. The number of halogens is 4. The third-order valence-corrected chi connectivity index (χ3v) is 7.45. The van der Waals surface area contributed by atoms with E-state index in [4.69, 9.17) is 0 Å². The Morgan fingerprint density at radius 1 is 1.31 bits per heavy atom. The molecule has 4 rings (SSSR count). The molecule has 2 N–H and O–H groups in total. The van der Waals surface area contributed by atoms with Crippen LogP contribution in [-0.2, 0) is 4.79 Å². The van der Waals surface area contributed by atoms with Crippen molar-refractivity contribution in [1.29, 1.82) is 0 Å². The molecule has 29 heavy (non-hydrogen) atoms. The topological polar surface area (TPSA) is 64.7 Å².